The molecule has 0 saturated carbocycles. The molecule has 1 heterocycles. The minimum absolute atomic E-state index is 0. The Hall–Kier alpha value is -1.66. The number of benzene rings is 1. The molecule has 2 N–H and O–H groups in total. The van der Waals surface area contributed by atoms with E-state index in [2.05, 4.69) is 10.6 Å². The van der Waals surface area contributed by atoms with Crippen LogP contribution in [0.25, 0.3) is 0 Å². The molecule has 7 heteroatoms. The first-order valence-corrected chi connectivity index (χ1v) is 6.82. The van der Waals surface area contributed by atoms with E-state index in [1.807, 2.05) is 6.92 Å². The van der Waals surface area contributed by atoms with Crippen LogP contribution in [0.5, 0.6) is 0 Å². The first-order chi connectivity index (χ1) is 9.58. The van der Waals surface area contributed by atoms with Gasteiger partial charge in [-0.25, -0.2) is 0 Å². The highest BCUT2D eigenvalue weighted by Gasteiger charge is 2.20. The Morgan fingerprint density at radius 2 is 2.29 bits per heavy atom. The Labute approximate surface area is 129 Å². The van der Waals surface area contributed by atoms with Crippen LogP contribution in [0, 0.1) is 23.0 Å². The topological polar surface area (TPSA) is 84.3 Å². The number of hydrogen-bond acceptors (Lipinski definition) is 4. The van der Waals surface area contributed by atoms with Crippen LogP contribution in [-0.4, -0.2) is 30.5 Å². The van der Waals surface area contributed by atoms with Gasteiger partial charge in [-0.3, -0.25) is 14.9 Å². The quantitative estimate of drug-likeness (QED) is 0.643. The molecule has 0 aliphatic carbocycles. The van der Waals surface area contributed by atoms with Crippen molar-refractivity contribution in [1.82, 2.24) is 10.6 Å². The van der Waals surface area contributed by atoms with E-state index in [1.165, 1.54) is 6.07 Å². The standard InChI is InChI=1S/C14H19N3O3.ClH/c1-10-2-3-13(17(19)20)12(8-10)14(18)16-7-5-11-4-6-15-9-11;/h2-3,8,11,15H,4-7,9H2,1H3,(H,16,18);1H. The Morgan fingerprint density at radius 3 is 2.90 bits per heavy atom. The third kappa shape index (κ3) is 4.68. The molecule has 21 heavy (non-hydrogen) atoms. The highest BCUT2D eigenvalue weighted by Crippen LogP contribution is 2.19. The molecule has 1 atom stereocenters. The van der Waals surface area contributed by atoms with Gasteiger partial charge in [-0.05, 0) is 50.4 Å². The molecule has 2 rings (SSSR count). The highest BCUT2D eigenvalue weighted by atomic mass is 35.5. The Bertz CT molecular complexity index is 516. The number of carbonyl (C=O) groups excluding carboxylic acids is 1. The van der Waals surface area contributed by atoms with Crippen molar-refractivity contribution >= 4 is 24.0 Å². The van der Waals surface area contributed by atoms with Gasteiger partial charge in [-0.1, -0.05) is 6.07 Å². The molecule has 0 bridgehead atoms. The summed E-state index contributed by atoms with van der Waals surface area (Å²) >= 11 is 0. The van der Waals surface area contributed by atoms with Crippen LogP contribution < -0.4 is 10.6 Å². The average Bonchev–Trinajstić information content (AvgIpc) is 2.91. The summed E-state index contributed by atoms with van der Waals surface area (Å²) in [7, 11) is 0. The van der Waals surface area contributed by atoms with Gasteiger partial charge in [0, 0.05) is 12.6 Å². The third-order valence-corrected chi connectivity index (χ3v) is 3.59. The van der Waals surface area contributed by atoms with Crippen LogP contribution in [0.2, 0.25) is 0 Å². The number of amides is 1. The van der Waals surface area contributed by atoms with Gasteiger partial charge in [0.2, 0.25) is 0 Å². The summed E-state index contributed by atoms with van der Waals surface area (Å²) in [6.45, 7) is 4.38. The van der Waals surface area contributed by atoms with E-state index >= 15 is 0 Å². The number of nitrogens with zero attached hydrogens (tertiary/aromatic N) is 1. The van der Waals surface area contributed by atoms with Gasteiger partial charge in [-0.2, -0.15) is 0 Å². The predicted molar refractivity (Wildman–Crippen MR) is 83.0 cm³/mol. The van der Waals surface area contributed by atoms with Crippen molar-refractivity contribution in [1.29, 1.82) is 0 Å². The third-order valence-electron chi connectivity index (χ3n) is 3.59. The highest BCUT2D eigenvalue weighted by molar-refractivity contribution is 5.98. The number of nitro groups is 1. The predicted octanol–water partition coefficient (Wildman–Crippen LogP) is 2.05. The second kappa shape index (κ2) is 7.95. The van der Waals surface area contributed by atoms with Crippen molar-refractivity contribution in [3.05, 3.63) is 39.4 Å². The molecule has 6 nitrogen and oxygen atoms in total. The maximum atomic E-state index is 12.1. The van der Waals surface area contributed by atoms with Crippen molar-refractivity contribution in [2.75, 3.05) is 19.6 Å². The smallest absolute Gasteiger partial charge is 0.282 e. The lowest BCUT2D eigenvalue weighted by molar-refractivity contribution is -0.385. The summed E-state index contributed by atoms with van der Waals surface area (Å²) in [6.07, 6.45) is 2.03. The monoisotopic (exact) mass is 313 g/mol. The van der Waals surface area contributed by atoms with E-state index in [-0.39, 0.29) is 29.6 Å². The van der Waals surface area contributed by atoms with Gasteiger partial charge in [0.05, 0.1) is 4.92 Å². The van der Waals surface area contributed by atoms with Gasteiger partial charge in [0.25, 0.3) is 11.6 Å². The molecule has 116 valence electrons. The molecule has 1 amide bonds. The zero-order chi connectivity index (χ0) is 14.5. The molecule has 1 fully saturated rings. The molecule has 1 aromatic carbocycles. The second-order valence-corrected chi connectivity index (χ2v) is 5.18. The van der Waals surface area contributed by atoms with E-state index in [4.69, 9.17) is 0 Å². The van der Waals surface area contributed by atoms with Gasteiger partial charge in [-0.15, -0.1) is 12.4 Å². The van der Waals surface area contributed by atoms with Crippen molar-refractivity contribution in [2.24, 2.45) is 5.92 Å². The zero-order valence-electron chi connectivity index (χ0n) is 11.9. The van der Waals surface area contributed by atoms with Gasteiger partial charge >= 0.3 is 0 Å². The van der Waals surface area contributed by atoms with Gasteiger partial charge < -0.3 is 10.6 Å². The van der Waals surface area contributed by atoms with E-state index in [0.29, 0.717) is 12.5 Å². The number of nitro benzene ring substituents is 1. The van der Waals surface area contributed by atoms with Crippen molar-refractivity contribution in [2.45, 2.75) is 19.8 Å². The fraction of sp³-hybridized carbons (Fsp3) is 0.500. The molecule has 1 saturated heterocycles. The molecule has 0 radical (unpaired) electrons. The Balaban J connectivity index is 0.00000220. The van der Waals surface area contributed by atoms with E-state index in [1.54, 1.807) is 12.1 Å². The summed E-state index contributed by atoms with van der Waals surface area (Å²) in [5.74, 6) is 0.217. The number of nitrogens with one attached hydrogen (secondary N) is 2. The number of hydrogen-bond donors (Lipinski definition) is 2. The van der Waals surface area contributed by atoms with E-state index in [0.717, 1.165) is 31.5 Å². The van der Waals surface area contributed by atoms with Crippen LogP contribution in [-0.2, 0) is 0 Å². The van der Waals surface area contributed by atoms with Gasteiger partial charge in [0.1, 0.15) is 5.56 Å². The summed E-state index contributed by atoms with van der Waals surface area (Å²) < 4.78 is 0. The van der Waals surface area contributed by atoms with Crippen molar-refractivity contribution in [3.8, 4) is 0 Å². The number of halogens is 1. The Kier molecular flexibility index (Phi) is 6.58. The molecular formula is C14H20ClN3O3. The minimum Gasteiger partial charge on any atom is -0.352 e. The van der Waals surface area contributed by atoms with Crippen LogP contribution in [0.1, 0.15) is 28.8 Å². The van der Waals surface area contributed by atoms with E-state index < -0.39 is 4.92 Å². The van der Waals surface area contributed by atoms with Crippen LogP contribution >= 0.6 is 12.4 Å². The minimum atomic E-state index is -0.519. The fourth-order valence-electron chi connectivity index (χ4n) is 2.44. The second-order valence-electron chi connectivity index (χ2n) is 5.18. The molecule has 0 spiro atoms. The SMILES string of the molecule is Cc1ccc([N+](=O)[O-])c(C(=O)NCCC2CCNC2)c1.Cl. The maximum absolute atomic E-state index is 12.1. The lowest BCUT2D eigenvalue weighted by Gasteiger charge is -2.10. The fourth-order valence-corrected chi connectivity index (χ4v) is 2.44. The number of carbonyl (C=O) groups is 1. The lowest BCUT2D eigenvalue weighted by atomic mass is 10.0. The van der Waals surface area contributed by atoms with Crippen LogP contribution in [0.4, 0.5) is 5.69 Å². The molecule has 1 unspecified atom stereocenters. The summed E-state index contributed by atoms with van der Waals surface area (Å²) in [5, 5.41) is 17.0. The first kappa shape index (κ1) is 17.4. The van der Waals surface area contributed by atoms with Crippen LogP contribution in [0.3, 0.4) is 0 Å². The summed E-state index contributed by atoms with van der Waals surface area (Å²) in [6, 6.07) is 4.58. The van der Waals surface area contributed by atoms with Crippen molar-refractivity contribution in [3.63, 3.8) is 0 Å². The summed E-state index contributed by atoms with van der Waals surface area (Å²) in [4.78, 5) is 22.5. The van der Waals surface area contributed by atoms with Gasteiger partial charge in [0.15, 0.2) is 0 Å². The molecule has 1 aliphatic rings. The average molecular weight is 314 g/mol. The largest absolute Gasteiger partial charge is 0.352 e. The number of rotatable bonds is 5. The molecule has 1 aliphatic heterocycles. The maximum Gasteiger partial charge on any atom is 0.282 e. The number of aryl methyl sites for hydroxylation is 1. The Morgan fingerprint density at radius 1 is 1.52 bits per heavy atom. The molecule has 0 aromatic heterocycles. The lowest BCUT2D eigenvalue weighted by Crippen LogP contribution is -2.27. The molecule has 1 aromatic rings. The summed E-state index contributed by atoms with van der Waals surface area (Å²) in [5.41, 5.74) is 0.830. The zero-order valence-corrected chi connectivity index (χ0v) is 12.7. The van der Waals surface area contributed by atoms with Crippen molar-refractivity contribution < 1.29 is 9.72 Å². The molecular weight excluding hydrogens is 294 g/mol. The normalized spacial score (nSPS) is 17.1. The van der Waals surface area contributed by atoms with E-state index in [9.17, 15) is 14.9 Å². The van der Waals surface area contributed by atoms with Crippen LogP contribution in [0.15, 0.2) is 18.2 Å². The first-order valence-electron chi connectivity index (χ1n) is 6.82.